The largest absolute Gasteiger partial charge is 0.503 e. The van der Waals surface area contributed by atoms with Gasteiger partial charge in [-0.2, -0.15) is 0 Å². The maximum atomic E-state index is 11.6. The monoisotopic (exact) mass is 588 g/mol. The first-order valence-electron chi connectivity index (χ1n) is 12.7. The zero-order valence-electron chi connectivity index (χ0n) is 25.8. The highest BCUT2D eigenvalue weighted by Crippen LogP contribution is 2.31. The van der Waals surface area contributed by atoms with Gasteiger partial charge in [-0.1, -0.05) is 83.1 Å². The van der Waals surface area contributed by atoms with E-state index in [0.29, 0.717) is 0 Å². The Labute approximate surface area is 237 Å². The first kappa shape index (κ1) is 44.3. The number of ether oxygens (including phenoxy) is 2. The molecule has 0 heterocycles. The first-order chi connectivity index (χ1) is 17.9. The van der Waals surface area contributed by atoms with Crippen LogP contribution in [0.5, 0.6) is 0 Å². The van der Waals surface area contributed by atoms with Crippen molar-refractivity contribution in [2.24, 2.45) is 34.5 Å². The number of hydrogen-bond donors (Lipinski definition) is 6. The smallest absolute Gasteiger partial charge is 0.461 e. The lowest BCUT2D eigenvalue weighted by Crippen LogP contribution is -2.41. The Morgan fingerprint density at radius 2 is 0.750 bits per heavy atom. The fourth-order valence-electron chi connectivity index (χ4n) is 3.42. The summed E-state index contributed by atoms with van der Waals surface area (Å²) in [5.41, 5.74) is -0.819. The van der Waals surface area contributed by atoms with E-state index in [1.165, 1.54) is 0 Å². The zero-order chi connectivity index (χ0) is 33.0. The van der Waals surface area contributed by atoms with Crippen LogP contribution >= 0.6 is 0 Å². The van der Waals surface area contributed by atoms with Gasteiger partial charge in [0.15, 0.2) is 0 Å². The summed E-state index contributed by atoms with van der Waals surface area (Å²) in [6, 6.07) is 0. The Hall–Kier alpha value is -2.68. The van der Waals surface area contributed by atoms with E-state index in [9.17, 15) is 9.59 Å². The van der Waals surface area contributed by atoms with Gasteiger partial charge in [0.05, 0.1) is 25.0 Å². The molecule has 0 aromatic rings. The van der Waals surface area contributed by atoms with E-state index >= 15 is 0 Å². The molecule has 0 aromatic heterocycles. The zero-order valence-corrected chi connectivity index (χ0v) is 25.8. The van der Waals surface area contributed by atoms with Crippen molar-refractivity contribution >= 4 is 24.2 Å². The summed E-state index contributed by atoms with van der Waals surface area (Å²) in [6.07, 6.45) is -4.20. The molecule has 0 spiro atoms. The molecule has 0 bridgehead atoms. The third-order valence-electron chi connectivity index (χ3n) is 5.05. The summed E-state index contributed by atoms with van der Waals surface area (Å²) in [6.45, 7) is 23.0. The molecular weight excluding hydrogens is 536 g/mol. The molecule has 0 aliphatic rings. The molecular formula is C26H52O14. The number of esters is 2. The van der Waals surface area contributed by atoms with Gasteiger partial charge in [-0.25, -0.2) is 19.4 Å². The van der Waals surface area contributed by atoms with Crippen LogP contribution in [0.4, 0.5) is 9.59 Å². The average Bonchev–Trinajstić information content (AvgIpc) is 2.74. The molecule has 6 N–H and O–H groups in total. The molecule has 0 saturated carbocycles. The van der Waals surface area contributed by atoms with E-state index in [4.69, 9.17) is 50.0 Å². The number of carboxylic acid groups (broad SMARTS) is 4. The molecule has 2 unspecified atom stereocenters. The van der Waals surface area contributed by atoms with Gasteiger partial charge in [0.1, 0.15) is 12.2 Å². The van der Waals surface area contributed by atoms with E-state index in [2.05, 4.69) is 9.78 Å². The van der Waals surface area contributed by atoms with Crippen LogP contribution in [0, 0.1) is 34.5 Å². The highest BCUT2D eigenvalue weighted by Gasteiger charge is 2.37. The standard InChI is InChI=1S/2C12H24O4.2CH2O3/c2*1-8(2)10(12(5,6)7-15-14)16-11(13)9(3)4;2*2-1(3)4/h2*8-10,14H,7H2,1-6H3;2*(H2,2,3,4). The molecule has 0 aliphatic heterocycles. The second kappa shape index (κ2) is 22.1. The molecule has 0 aromatic carbocycles. The van der Waals surface area contributed by atoms with Crippen LogP contribution in [0.2, 0.25) is 0 Å². The fourth-order valence-corrected chi connectivity index (χ4v) is 3.42. The van der Waals surface area contributed by atoms with Crippen molar-refractivity contribution in [3.63, 3.8) is 0 Å². The predicted octanol–water partition coefficient (Wildman–Crippen LogP) is 5.90. The van der Waals surface area contributed by atoms with Crippen molar-refractivity contribution in [3.8, 4) is 0 Å². The third-order valence-corrected chi connectivity index (χ3v) is 5.05. The van der Waals surface area contributed by atoms with E-state index in [1.807, 2.05) is 55.4 Å². The Balaban J connectivity index is -0.000000255. The normalized spacial score (nSPS) is 12.7. The maximum Gasteiger partial charge on any atom is 0.503 e. The van der Waals surface area contributed by atoms with E-state index in [0.717, 1.165) is 0 Å². The minimum absolute atomic E-state index is 0.140. The lowest BCUT2D eigenvalue weighted by Gasteiger charge is -2.35. The average molecular weight is 589 g/mol. The van der Waals surface area contributed by atoms with Crippen molar-refractivity contribution in [3.05, 3.63) is 0 Å². The molecule has 240 valence electrons. The topological polar surface area (TPSA) is 227 Å². The summed E-state index contributed by atoms with van der Waals surface area (Å²) < 4.78 is 10.9. The van der Waals surface area contributed by atoms with Crippen LogP contribution in [0.15, 0.2) is 0 Å². The Bertz CT molecular complexity index is 646. The SMILES string of the molecule is CC(C)C(=O)OC(C(C)C)C(C)(C)COO.CC(C)C(=O)OC(C(C)C)C(C)(C)COO.O=C(O)O.O=C(O)O. The maximum absolute atomic E-state index is 11.6. The lowest BCUT2D eigenvalue weighted by atomic mass is 9.81. The molecule has 0 saturated heterocycles. The first-order valence-corrected chi connectivity index (χ1v) is 12.7. The summed E-state index contributed by atoms with van der Waals surface area (Å²) in [4.78, 5) is 48.7. The number of carbonyl (C=O) groups excluding carboxylic acids is 2. The third kappa shape index (κ3) is 24.4. The highest BCUT2D eigenvalue weighted by molar-refractivity contribution is 5.72. The van der Waals surface area contributed by atoms with Crippen molar-refractivity contribution in [2.45, 2.75) is 95.3 Å². The Kier molecular flexibility index (Phi) is 24.5. The van der Waals surface area contributed by atoms with Crippen molar-refractivity contribution < 1.29 is 69.4 Å². The number of carbonyl (C=O) groups is 4. The minimum Gasteiger partial charge on any atom is -0.461 e. The minimum atomic E-state index is -1.83. The molecule has 0 radical (unpaired) electrons. The van der Waals surface area contributed by atoms with Crippen molar-refractivity contribution in [2.75, 3.05) is 13.2 Å². The quantitative estimate of drug-likeness (QED) is 0.0886. The van der Waals surface area contributed by atoms with Gasteiger partial charge in [-0.15, -0.1) is 0 Å². The molecule has 0 amide bonds. The number of hydrogen-bond acceptors (Lipinski definition) is 10. The van der Waals surface area contributed by atoms with Crippen molar-refractivity contribution in [1.29, 1.82) is 0 Å². The fraction of sp³-hybridized carbons (Fsp3) is 0.846. The van der Waals surface area contributed by atoms with E-state index in [-0.39, 0.29) is 61.0 Å². The van der Waals surface area contributed by atoms with Gasteiger partial charge in [-0.3, -0.25) is 20.1 Å². The number of rotatable bonds is 12. The summed E-state index contributed by atoms with van der Waals surface area (Å²) in [7, 11) is 0. The van der Waals surface area contributed by atoms with Gasteiger partial charge in [0.25, 0.3) is 0 Å². The van der Waals surface area contributed by atoms with Crippen LogP contribution in [0.3, 0.4) is 0 Å². The van der Waals surface area contributed by atoms with Gasteiger partial charge in [0.2, 0.25) is 0 Å². The van der Waals surface area contributed by atoms with Crippen molar-refractivity contribution in [1.82, 2.24) is 0 Å². The Morgan fingerprint density at radius 1 is 0.550 bits per heavy atom. The van der Waals surface area contributed by atoms with Gasteiger partial charge < -0.3 is 29.9 Å². The predicted molar refractivity (Wildman–Crippen MR) is 145 cm³/mol. The molecule has 2 atom stereocenters. The van der Waals surface area contributed by atoms with Crippen LogP contribution in [0.25, 0.3) is 0 Å². The summed E-state index contributed by atoms with van der Waals surface area (Å²) in [5.74, 6) is -0.380. The molecule has 14 nitrogen and oxygen atoms in total. The van der Waals surface area contributed by atoms with E-state index in [1.54, 1.807) is 27.7 Å². The second-order valence-electron chi connectivity index (χ2n) is 11.6. The summed E-state index contributed by atoms with van der Waals surface area (Å²) >= 11 is 0. The summed E-state index contributed by atoms with van der Waals surface area (Å²) in [5, 5.41) is 45.0. The van der Waals surface area contributed by atoms with Crippen LogP contribution < -0.4 is 0 Å². The molecule has 14 heteroatoms. The second-order valence-corrected chi connectivity index (χ2v) is 11.6. The van der Waals surface area contributed by atoms with Gasteiger partial charge in [0, 0.05) is 10.8 Å². The van der Waals surface area contributed by atoms with Gasteiger partial charge in [-0.05, 0) is 11.8 Å². The molecule has 0 aliphatic carbocycles. The van der Waals surface area contributed by atoms with Gasteiger partial charge >= 0.3 is 24.2 Å². The van der Waals surface area contributed by atoms with Crippen LogP contribution in [-0.2, 0) is 28.8 Å². The molecule has 0 rings (SSSR count). The highest BCUT2D eigenvalue weighted by atomic mass is 17.1. The Morgan fingerprint density at radius 3 is 0.875 bits per heavy atom. The lowest BCUT2D eigenvalue weighted by molar-refractivity contribution is -0.270. The van der Waals surface area contributed by atoms with Crippen LogP contribution in [-0.4, -0.2) is 80.6 Å². The van der Waals surface area contributed by atoms with Crippen LogP contribution in [0.1, 0.15) is 83.1 Å². The molecule has 40 heavy (non-hydrogen) atoms. The molecule has 0 fully saturated rings. The van der Waals surface area contributed by atoms with E-state index < -0.39 is 23.1 Å².